The van der Waals surface area contributed by atoms with Gasteiger partial charge in [-0.2, -0.15) is 0 Å². The van der Waals surface area contributed by atoms with Crippen LogP contribution in [0.2, 0.25) is 0 Å². The Labute approximate surface area is 222 Å². The second-order valence-corrected chi connectivity index (χ2v) is 8.70. The van der Waals surface area contributed by atoms with Crippen LogP contribution in [0.15, 0.2) is 34.3 Å². The molecule has 0 aromatic carbocycles. The largest absolute Gasteiger partial charge is 0.447 e. The first-order chi connectivity index (χ1) is 17.8. The number of rotatable bonds is 4. The second kappa shape index (κ2) is 16.4. The topological polar surface area (TPSA) is 161 Å². The molecular weight excluding hydrogens is 492 g/mol. The molecule has 2 aromatic rings. The average Bonchev–Trinajstić information content (AvgIpc) is 3.16. The fourth-order valence-electron chi connectivity index (χ4n) is 3.58. The molecule has 4 amide bonds. The average molecular weight is 533 g/mol. The molecule has 2 aliphatic rings. The van der Waals surface area contributed by atoms with E-state index in [0.29, 0.717) is 29.7 Å². The van der Waals surface area contributed by atoms with Gasteiger partial charge in [0.05, 0.1) is 10.8 Å². The van der Waals surface area contributed by atoms with Crippen molar-refractivity contribution in [2.75, 3.05) is 11.9 Å². The van der Waals surface area contributed by atoms with Gasteiger partial charge in [0, 0.05) is 22.6 Å². The number of aliphatic hydroxyl groups is 1. The number of furan rings is 1. The van der Waals surface area contributed by atoms with Crippen molar-refractivity contribution in [3.63, 3.8) is 0 Å². The lowest BCUT2D eigenvalue weighted by molar-refractivity contribution is -0.117. The number of aryl methyl sites for hydroxylation is 1. The molecule has 0 radical (unpaired) electrons. The van der Waals surface area contributed by atoms with E-state index in [-0.39, 0.29) is 17.4 Å². The van der Waals surface area contributed by atoms with Gasteiger partial charge in [-0.05, 0) is 39.0 Å². The summed E-state index contributed by atoms with van der Waals surface area (Å²) in [4.78, 5) is 34.9. The summed E-state index contributed by atoms with van der Waals surface area (Å²) in [5, 5.41) is 14.9. The maximum atomic E-state index is 11.4. The summed E-state index contributed by atoms with van der Waals surface area (Å²) in [6.45, 7) is 10.6. The fourth-order valence-corrected chi connectivity index (χ4v) is 4.81. The maximum Gasteiger partial charge on any atom is 0.316 e. The van der Waals surface area contributed by atoms with Gasteiger partial charge in [0.1, 0.15) is 5.69 Å². The van der Waals surface area contributed by atoms with Crippen LogP contribution in [0.3, 0.4) is 0 Å². The zero-order valence-corrected chi connectivity index (χ0v) is 23.2. The first-order valence-electron chi connectivity index (χ1n) is 12.8. The van der Waals surface area contributed by atoms with Crippen LogP contribution in [0.25, 0.3) is 16.4 Å². The van der Waals surface area contributed by atoms with E-state index in [4.69, 9.17) is 15.9 Å². The Balaban J connectivity index is 0.000000365. The third-order valence-electron chi connectivity index (χ3n) is 5.14. The van der Waals surface area contributed by atoms with Crippen molar-refractivity contribution < 1.29 is 23.9 Å². The Hall–Kier alpha value is -3.37. The molecule has 0 saturated heterocycles. The molecule has 2 heterocycles. The highest BCUT2D eigenvalue weighted by molar-refractivity contribution is 7.20. The van der Waals surface area contributed by atoms with Crippen LogP contribution in [-0.2, 0) is 11.2 Å². The number of carbonyl (C=O) groups is 3. The second-order valence-electron chi connectivity index (χ2n) is 7.59. The molecule has 2 aromatic heterocycles. The summed E-state index contributed by atoms with van der Waals surface area (Å²) in [6.07, 6.45) is 13.3. The molecule has 0 aliphatic heterocycles. The summed E-state index contributed by atoms with van der Waals surface area (Å²) in [5.41, 5.74) is 12.8. The van der Waals surface area contributed by atoms with E-state index in [2.05, 4.69) is 16.7 Å². The van der Waals surface area contributed by atoms with E-state index in [1.807, 2.05) is 46.8 Å². The highest BCUT2D eigenvalue weighted by atomic mass is 32.1. The molecule has 37 heavy (non-hydrogen) atoms. The molecule has 0 saturated carbocycles. The zero-order chi connectivity index (χ0) is 28.0. The van der Waals surface area contributed by atoms with Crippen LogP contribution in [-0.4, -0.2) is 35.6 Å². The molecule has 204 valence electrons. The molecule has 4 rings (SSSR count). The maximum absolute atomic E-state index is 11.4. The smallest absolute Gasteiger partial charge is 0.316 e. The number of nitrogens with two attached hydrogens (primary N) is 2. The van der Waals surface area contributed by atoms with Crippen LogP contribution in [0.1, 0.15) is 81.3 Å². The lowest BCUT2D eigenvalue weighted by atomic mass is 10.1. The van der Waals surface area contributed by atoms with Gasteiger partial charge in [0.2, 0.25) is 11.7 Å². The number of fused-ring (bicyclic) bond motifs is 3. The first kappa shape index (κ1) is 31.7. The third-order valence-corrected chi connectivity index (χ3v) is 6.40. The van der Waals surface area contributed by atoms with Gasteiger partial charge in [-0.15, -0.1) is 11.3 Å². The summed E-state index contributed by atoms with van der Waals surface area (Å²) >= 11 is 1.39. The highest BCUT2D eigenvalue weighted by Crippen LogP contribution is 2.42. The van der Waals surface area contributed by atoms with E-state index in [1.165, 1.54) is 11.3 Å². The van der Waals surface area contributed by atoms with Crippen molar-refractivity contribution in [2.45, 2.75) is 72.8 Å². The van der Waals surface area contributed by atoms with Crippen LogP contribution in [0.5, 0.6) is 0 Å². The molecule has 0 bridgehead atoms. The number of likely N-dealkylation sites (N-methyl/N-ethyl adjacent to an activating group) is 1. The Morgan fingerprint density at radius 1 is 1.16 bits per heavy atom. The molecule has 9 nitrogen and oxygen atoms in total. The van der Waals surface area contributed by atoms with Crippen molar-refractivity contribution in [1.29, 1.82) is 0 Å². The van der Waals surface area contributed by atoms with Crippen molar-refractivity contribution in [3.05, 3.63) is 46.1 Å². The number of aliphatic hydroxyl groups excluding tert-OH is 1. The van der Waals surface area contributed by atoms with E-state index < -0.39 is 18.0 Å². The number of hydrogen-bond acceptors (Lipinski definition) is 6. The summed E-state index contributed by atoms with van der Waals surface area (Å²) in [7, 11) is 0. The monoisotopic (exact) mass is 532 g/mol. The normalized spacial score (nSPS) is 15.6. The Kier molecular flexibility index (Phi) is 14.0. The molecule has 10 heteroatoms. The lowest BCUT2D eigenvalue weighted by Gasteiger charge is -2.04. The number of urea groups is 1. The number of thiophene rings is 1. The molecule has 1 atom stereocenters. The van der Waals surface area contributed by atoms with Crippen molar-refractivity contribution in [3.8, 4) is 0 Å². The van der Waals surface area contributed by atoms with Crippen LogP contribution >= 0.6 is 11.3 Å². The Morgan fingerprint density at radius 3 is 2.49 bits per heavy atom. The quantitative estimate of drug-likeness (QED) is 0.363. The number of hydrogen-bond donors (Lipinski definition) is 5. The first-order valence-corrected chi connectivity index (χ1v) is 13.6. The number of anilines is 1. The minimum absolute atomic E-state index is 0.0871. The molecular formula is C27H40N4O5S. The molecule has 0 fully saturated rings. The molecule has 1 unspecified atom stereocenters. The minimum Gasteiger partial charge on any atom is -0.447 e. The molecule has 2 aliphatic carbocycles. The van der Waals surface area contributed by atoms with Gasteiger partial charge < -0.3 is 31.6 Å². The number of amides is 4. The summed E-state index contributed by atoms with van der Waals surface area (Å²) in [5.74, 6) is -0.825. The van der Waals surface area contributed by atoms with E-state index >= 15 is 0 Å². The third kappa shape index (κ3) is 8.91. The van der Waals surface area contributed by atoms with Gasteiger partial charge in [-0.25, -0.2) is 4.79 Å². The summed E-state index contributed by atoms with van der Waals surface area (Å²) in [6, 6.07) is -0.797. The summed E-state index contributed by atoms with van der Waals surface area (Å²) < 4.78 is 6.14. The number of carbonyl (C=O) groups excluding carboxylic acids is 3. The van der Waals surface area contributed by atoms with Crippen molar-refractivity contribution in [1.82, 2.24) is 5.32 Å². The zero-order valence-electron chi connectivity index (χ0n) is 22.3. The van der Waals surface area contributed by atoms with Crippen molar-refractivity contribution in [2.24, 2.45) is 11.5 Å². The van der Waals surface area contributed by atoms with Crippen molar-refractivity contribution >= 4 is 51.2 Å². The molecule has 0 spiro atoms. The lowest BCUT2D eigenvalue weighted by Crippen LogP contribution is -2.24. The van der Waals surface area contributed by atoms with Crippen LogP contribution in [0, 0.1) is 0 Å². The molecule has 7 N–H and O–H groups in total. The highest BCUT2D eigenvalue weighted by Gasteiger charge is 2.26. The number of allylic oxidation sites excluding steroid dienone is 3. The van der Waals surface area contributed by atoms with Gasteiger partial charge >= 0.3 is 6.03 Å². The van der Waals surface area contributed by atoms with Crippen LogP contribution < -0.4 is 22.1 Å². The SMILES string of the molecule is CC.CC.CCNC(=O)C1=CC=CCCC1.NC(=O)Nc1c(C(N)=O)oc2c3c(sc12)CCC(O)C=C3. The van der Waals surface area contributed by atoms with E-state index in [0.717, 1.165) is 35.3 Å². The minimum atomic E-state index is -0.797. The van der Waals surface area contributed by atoms with Gasteiger partial charge in [-0.1, -0.05) is 58.1 Å². The van der Waals surface area contributed by atoms with Crippen LogP contribution in [0.4, 0.5) is 10.5 Å². The van der Waals surface area contributed by atoms with Gasteiger partial charge in [-0.3, -0.25) is 9.59 Å². The standard InChI is InChI=1S/C13H13N3O4S.C10H15NO.2C2H6/c14-12(18)10-8(16-13(15)19)11-9(20-10)6-3-1-5(17)2-4-7(6)21-11;1-2-11-10(12)9-7-5-3-4-6-8-9;2*1-2/h1,3,5,17H,2,4H2,(H2,14,18)(H3,15,16,19);3,5,7H,2,4,6,8H2,1H3,(H,11,12);2*1-2H3. The number of nitrogens with one attached hydrogen (secondary N) is 2. The Morgan fingerprint density at radius 2 is 1.86 bits per heavy atom. The van der Waals surface area contributed by atoms with E-state index in [9.17, 15) is 19.5 Å². The predicted octanol–water partition coefficient (Wildman–Crippen LogP) is 5.25. The van der Waals surface area contributed by atoms with E-state index in [1.54, 1.807) is 12.2 Å². The van der Waals surface area contributed by atoms with Gasteiger partial charge in [0.25, 0.3) is 5.91 Å². The fraction of sp³-hybridized carbons (Fsp3) is 0.444. The predicted molar refractivity (Wildman–Crippen MR) is 152 cm³/mol. The van der Waals surface area contributed by atoms with Gasteiger partial charge in [0.15, 0.2) is 5.58 Å². The Bertz CT molecular complexity index is 1140. The number of primary amides is 2.